The van der Waals surface area contributed by atoms with E-state index in [2.05, 4.69) is 20.7 Å². The molecule has 4 N–H and O–H groups in total. The second-order valence-corrected chi connectivity index (χ2v) is 8.02. The number of carbonyl (C=O) groups is 2. The molecule has 1 fully saturated rings. The van der Waals surface area contributed by atoms with Gasteiger partial charge < -0.3 is 15.7 Å². The van der Waals surface area contributed by atoms with Crippen LogP contribution in [0.5, 0.6) is 0 Å². The number of pyridine rings is 1. The molecule has 0 spiro atoms. The van der Waals surface area contributed by atoms with Gasteiger partial charge in [0.05, 0.1) is 18.0 Å². The van der Waals surface area contributed by atoms with E-state index in [1.807, 2.05) is 13.8 Å². The van der Waals surface area contributed by atoms with Crippen molar-refractivity contribution in [2.24, 2.45) is 5.41 Å². The molecular formula is C21H27N7O3. The maximum absolute atomic E-state index is 12.8. The first-order valence-corrected chi connectivity index (χ1v) is 9.94. The van der Waals surface area contributed by atoms with Crippen molar-refractivity contribution in [3.8, 4) is 5.82 Å². The number of carbonyl (C=O) groups excluding carboxylic acids is 2. The summed E-state index contributed by atoms with van der Waals surface area (Å²) in [5, 5.41) is 27.8. The van der Waals surface area contributed by atoms with Crippen LogP contribution in [0.25, 0.3) is 5.82 Å². The van der Waals surface area contributed by atoms with Gasteiger partial charge in [0.15, 0.2) is 11.7 Å². The third-order valence-corrected chi connectivity index (χ3v) is 5.13. The number of hydrogen-bond donors (Lipinski definition) is 4. The van der Waals surface area contributed by atoms with Crippen LogP contribution >= 0.6 is 0 Å². The lowest BCUT2D eigenvalue weighted by atomic mass is 9.92. The van der Waals surface area contributed by atoms with Gasteiger partial charge in [-0.1, -0.05) is 19.9 Å². The maximum atomic E-state index is 12.8. The molecule has 1 aliphatic heterocycles. The third-order valence-electron chi connectivity index (χ3n) is 5.13. The number of amidine groups is 1. The SMILES string of the molecule is CN/C=C(/NC(=O)c1cccc(-n2cc(C(C)O)cn2)n1)C(=N)N1CCC(C)(C)C1=O. The largest absolute Gasteiger partial charge is 0.392 e. The highest BCUT2D eigenvalue weighted by atomic mass is 16.3. The van der Waals surface area contributed by atoms with Gasteiger partial charge in [-0.2, -0.15) is 5.10 Å². The summed E-state index contributed by atoms with van der Waals surface area (Å²) in [6.07, 6.45) is 4.60. The Morgan fingerprint density at radius 2 is 2.13 bits per heavy atom. The van der Waals surface area contributed by atoms with Crippen LogP contribution in [0.1, 0.15) is 49.3 Å². The molecule has 1 unspecified atom stereocenters. The van der Waals surface area contributed by atoms with Crippen molar-refractivity contribution in [3.05, 3.63) is 53.7 Å². The Hall–Kier alpha value is -3.53. The van der Waals surface area contributed by atoms with Crippen LogP contribution in [-0.2, 0) is 4.79 Å². The summed E-state index contributed by atoms with van der Waals surface area (Å²) < 4.78 is 1.47. The molecule has 3 heterocycles. The minimum Gasteiger partial charge on any atom is -0.392 e. The zero-order valence-electron chi connectivity index (χ0n) is 18.0. The summed E-state index contributed by atoms with van der Waals surface area (Å²) in [5.41, 5.74) is 0.379. The molecule has 1 saturated heterocycles. The molecule has 0 bridgehead atoms. The van der Waals surface area contributed by atoms with Crippen molar-refractivity contribution in [2.75, 3.05) is 13.6 Å². The van der Waals surface area contributed by atoms with Gasteiger partial charge in [-0.15, -0.1) is 0 Å². The molecule has 3 rings (SSSR count). The van der Waals surface area contributed by atoms with Gasteiger partial charge in [0, 0.05) is 37.0 Å². The van der Waals surface area contributed by atoms with Crippen molar-refractivity contribution in [2.45, 2.75) is 33.3 Å². The van der Waals surface area contributed by atoms with Crippen LogP contribution in [0.3, 0.4) is 0 Å². The summed E-state index contributed by atoms with van der Waals surface area (Å²) in [5.74, 6) is -0.350. The summed E-state index contributed by atoms with van der Waals surface area (Å²) >= 11 is 0. The Labute approximate surface area is 180 Å². The van der Waals surface area contributed by atoms with Crippen molar-refractivity contribution in [1.82, 2.24) is 30.3 Å². The molecule has 2 aromatic heterocycles. The highest BCUT2D eigenvalue weighted by Crippen LogP contribution is 2.31. The molecule has 2 aromatic rings. The number of hydrogen-bond acceptors (Lipinski definition) is 7. The average molecular weight is 425 g/mol. The molecule has 1 aliphatic rings. The maximum Gasteiger partial charge on any atom is 0.274 e. The first-order valence-electron chi connectivity index (χ1n) is 9.94. The Kier molecular flexibility index (Phi) is 6.21. The molecule has 0 radical (unpaired) electrons. The number of aromatic nitrogens is 3. The van der Waals surface area contributed by atoms with Gasteiger partial charge in [0.2, 0.25) is 5.91 Å². The lowest BCUT2D eigenvalue weighted by Gasteiger charge is -2.22. The number of nitrogens with zero attached hydrogens (tertiary/aromatic N) is 4. The van der Waals surface area contributed by atoms with E-state index in [4.69, 9.17) is 5.41 Å². The van der Waals surface area contributed by atoms with Gasteiger partial charge in [-0.25, -0.2) is 9.67 Å². The van der Waals surface area contributed by atoms with E-state index in [9.17, 15) is 14.7 Å². The van der Waals surface area contributed by atoms with Crippen molar-refractivity contribution in [3.63, 3.8) is 0 Å². The molecule has 0 aliphatic carbocycles. The van der Waals surface area contributed by atoms with Crippen LogP contribution in [0.15, 0.2) is 42.5 Å². The normalized spacial score (nSPS) is 16.9. The topological polar surface area (TPSA) is 136 Å². The summed E-state index contributed by atoms with van der Waals surface area (Å²) in [6.45, 7) is 5.74. The van der Waals surface area contributed by atoms with Gasteiger partial charge in [-0.05, 0) is 25.5 Å². The minimum absolute atomic E-state index is 0.0805. The molecule has 10 nitrogen and oxygen atoms in total. The quantitative estimate of drug-likeness (QED) is 0.407. The summed E-state index contributed by atoms with van der Waals surface area (Å²) in [7, 11) is 1.64. The summed E-state index contributed by atoms with van der Waals surface area (Å²) in [6, 6.07) is 4.90. The number of aliphatic hydroxyl groups excluding tert-OH is 1. The number of amides is 2. The second kappa shape index (κ2) is 8.68. The predicted octanol–water partition coefficient (Wildman–Crippen LogP) is 1.35. The van der Waals surface area contributed by atoms with Gasteiger partial charge in [-0.3, -0.25) is 19.9 Å². The van der Waals surface area contributed by atoms with Crippen LogP contribution in [0, 0.1) is 10.8 Å². The Morgan fingerprint density at radius 3 is 2.71 bits per heavy atom. The van der Waals surface area contributed by atoms with E-state index in [1.165, 1.54) is 22.0 Å². The smallest absolute Gasteiger partial charge is 0.274 e. The standard InChI is InChI=1S/C21H27N7O3/c1-13(29)14-10-24-28(12-14)17-7-5-6-15(25-17)19(30)26-16(11-23-4)18(22)27-9-8-21(2,3)20(27)31/h5-7,10-13,22-23,29H,8-9H2,1-4H3,(H,26,30)/b16-11+,22-18?. The Morgan fingerprint density at radius 1 is 1.39 bits per heavy atom. The van der Waals surface area contributed by atoms with E-state index >= 15 is 0 Å². The first-order chi connectivity index (χ1) is 14.6. The van der Waals surface area contributed by atoms with E-state index < -0.39 is 17.4 Å². The van der Waals surface area contributed by atoms with Crippen molar-refractivity contribution < 1.29 is 14.7 Å². The highest BCUT2D eigenvalue weighted by molar-refractivity contribution is 6.10. The number of nitrogens with one attached hydrogen (secondary N) is 3. The fourth-order valence-corrected chi connectivity index (χ4v) is 3.17. The van der Waals surface area contributed by atoms with Crippen molar-refractivity contribution in [1.29, 1.82) is 5.41 Å². The van der Waals surface area contributed by atoms with E-state index in [0.29, 0.717) is 24.3 Å². The van der Waals surface area contributed by atoms with Crippen LogP contribution in [-0.4, -0.2) is 56.0 Å². The van der Waals surface area contributed by atoms with Crippen LogP contribution in [0.2, 0.25) is 0 Å². The number of rotatable bonds is 6. The molecule has 0 aromatic carbocycles. The second-order valence-electron chi connectivity index (χ2n) is 8.02. The predicted molar refractivity (Wildman–Crippen MR) is 114 cm³/mol. The highest BCUT2D eigenvalue weighted by Gasteiger charge is 2.41. The molecule has 31 heavy (non-hydrogen) atoms. The molecule has 0 saturated carbocycles. The Bertz CT molecular complexity index is 1040. The van der Waals surface area contributed by atoms with Crippen LogP contribution < -0.4 is 10.6 Å². The van der Waals surface area contributed by atoms with E-state index in [0.717, 1.165) is 0 Å². The molecular weight excluding hydrogens is 398 g/mol. The lowest BCUT2D eigenvalue weighted by molar-refractivity contribution is -0.131. The fraction of sp³-hybridized carbons (Fsp3) is 0.381. The monoisotopic (exact) mass is 425 g/mol. The van der Waals surface area contributed by atoms with Crippen LogP contribution in [0.4, 0.5) is 0 Å². The van der Waals surface area contributed by atoms with Gasteiger partial charge in [0.25, 0.3) is 5.91 Å². The minimum atomic E-state index is -0.668. The lowest BCUT2D eigenvalue weighted by Crippen LogP contribution is -2.41. The first kappa shape index (κ1) is 22.2. The van der Waals surface area contributed by atoms with E-state index in [1.54, 1.807) is 38.4 Å². The molecule has 2 amide bonds. The third kappa shape index (κ3) is 4.64. The zero-order chi connectivity index (χ0) is 22.8. The Balaban J connectivity index is 1.79. The van der Waals surface area contributed by atoms with Gasteiger partial charge in [0.1, 0.15) is 5.69 Å². The van der Waals surface area contributed by atoms with Crippen molar-refractivity contribution >= 4 is 17.6 Å². The number of likely N-dealkylation sites (tertiary alicyclic amines) is 1. The molecule has 10 heteroatoms. The molecule has 164 valence electrons. The average Bonchev–Trinajstić information content (AvgIpc) is 3.33. The van der Waals surface area contributed by atoms with E-state index in [-0.39, 0.29) is 23.1 Å². The van der Waals surface area contributed by atoms with Gasteiger partial charge >= 0.3 is 0 Å². The molecule has 1 atom stereocenters. The summed E-state index contributed by atoms with van der Waals surface area (Å²) in [4.78, 5) is 31.1. The fourth-order valence-electron chi connectivity index (χ4n) is 3.17. The number of aliphatic hydroxyl groups is 1. The zero-order valence-corrected chi connectivity index (χ0v) is 18.0.